The summed E-state index contributed by atoms with van der Waals surface area (Å²) in [5.74, 6) is 0. The van der Waals surface area contributed by atoms with Crippen molar-refractivity contribution in [2.45, 2.75) is 44.6 Å². The van der Waals surface area contributed by atoms with Crippen LogP contribution in [0.4, 0.5) is 13.2 Å². The Kier molecular flexibility index (Phi) is 5.16. The molecule has 0 heterocycles. The van der Waals surface area contributed by atoms with E-state index in [1.807, 2.05) is 6.92 Å². The van der Waals surface area contributed by atoms with Crippen LogP contribution in [0.25, 0.3) is 0 Å². The Hall–Kier alpha value is -1.07. The summed E-state index contributed by atoms with van der Waals surface area (Å²) in [6.07, 6.45) is -5.16. The van der Waals surface area contributed by atoms with Crippen LogP contribution < -0.4 is 0 Å². The molecule has 1 rings (SSSR count). The molecule has 2 N–H and O–H groups in total. The number of aliphatic hydroxyl groups is 2. The molecule has 0 aliphatic heterocycles. The van der Waals surface area contributed by atoms with Gasteiger partial charge in [-0.3, -0.25) is 0 Å². The minimum atomic E-state index is -4.39. The van der Waals surface area contributed by atoms with E-state index in [2.05, 4.69) is 0 Å². The Morgan fingerprint density at radius 1 is 1.17 bits per heavy atom. The molecule has 0 aliphatic rings. The average Bonchev–Trinajstić information content (AvgIpc) is 2.28. The number of benzene rings is 1. The van der Waals surface area contributed by atoms with Gasteiger partial charge in [-0.25, -0.2) is 0 Å². The van der Waals surface area contributed by atoms with Crippen molar-refractivity contribution in [1.29, 1.82) is 0 Å². The minimum absolute atomic E-state index is 0.0189. The molecule has 18 heavy (non-hydrogen) atoms. The maximum absolute atomic E-state index is 12.5. The standard InChI is InChI=1S/C13H17F3O2/c1-2-4-11(17)12(18)8-9-5-3-6-10(7-9)13(14,15)16/h3,5-7,11-12,17-18H,2,4,8H2,1H3. The van der Waals surface area contributed by atoms with E-state index < -0.39 is 23.9 Å². The third-order valence-corrected chi connectivity index (χ3v) is 2.73. The maximum Gasteiger partial charge on any atom is 0.416 e. The zero-order valence-corrected chi connectivity index (χ0v) is 10.1. The second-order valence-corrected chi connectivity index (χ2v) is 4.33. The van der Waals surface area contributed by atoms with Crippen molar-refractivity contribution in [2.75, 3.05) is 0 Å². The number of rotatable bonds is 5. The van der Waals surface area contributed by atoms with Crippen LogP contribution >= 0.6 is 0 Å². The predicted octanol–water partition coefficient (Wildman–Crippen LogP) is 2.77. The summed E-state index contributed by atoms with van der Waals surface area (Å²) < 4.78 is 37.4. The first-order valence-corrected chi connectivity index (χ1v) is 5.87. The topological polar surface area (TPSA) is 40.5 Å². The molecule has 2 nitrogen and oxygen atoms in total. The van der Waals surface area contributed by atoms with Crippen LogP contribution in [0.3, 0.4) is 0 Å². The van der Waals surface area contributed by atoms with Gasteiger partial charge in [0, 0.05) is 6.42 Å². The summed E-state index contributed by atoms with van der Waals surface area (Å²) >= 11 is 0. The normalized spacial score (nSPS) is 15.4. The summed E-state index contributed by atoms with van der Waals surface area (Å²) in [5, 5.41) is 19.2. The largest absolute Gasteiger partial charge is 0.416 e. The van der Waals surface area contributed by atoms with Gasteiger partial charge in [-0.2, -0.15) is 13.2 Å². The monoisotopic (exact) mass is 262 g/mol. The average molecular weight is 262 g/mol. The van der Waals surface area contributed by atoms with Gasteiger partial charge in [-0.15, -0.1) is 0 Å². The highest BCUT2D eigenvalue weighted by Crippen LogP contribution is 2.29. The fourth-order valence-electron chi connectivity index (χ4n) is 1.74. The van der Waals surface area contributed by atoms with Crippen molar-refractivity contribution >= 4 is 0 Å². The lowest BCUT2D eigenvalue weighted by molar-refractivity contribution is -0.137. The fourth-order valence-corrected chi connectivity index (χ4v) is 1.74. The highest BCUT2D eigenvalue weighted by Gasteiger charge is 2.30. The number of hydrogen-bond acceptors (Lipinski definition) is 2. The Labute approximate surface area is 104 Å². The SMILES string of the molecule is CCCC(O)C(O)Cc1cccc(C(F)(F)F)c1. The van der Waals surface area contributed by atoms with Crippen molar-refractivity contribution in [3.05, 3.63) is 35.4 Å². The van der Waals surface area contributed by atoms with Crippen molar-refractivity contribution < 1.29 is 23.4 Å². The van der Waals surface area contributed by atoms with Gasteiger partial charge in [0.2, 0.25) is 0 Å². The summed E-state index contributed by atoms with van der Waals surface area (Å²) in [6.45, 7) is 1.86. The second kappa shape index (κ2) is 6.20. The molecule has 1 aromatic rings. The van der Waals surface area contributed by atoms with Gasteiger partial charge in [0.05, 0.1) is 17.8 Å². The Bertz CT molecular complexity index is 377. The minimum Gasteiger partial charge on any atom is -0.390 e. The molecule has 0 saturated carbocycles. The zero-order valence-electron chi connectivity index (χ0n) is 10.1. The molecule has 0 fully saturated rings. The van der Waals surface area contributed by atoms with Gasteiger partial charge in [-0.05, 0) is 18.1 Å². The van der Waals surface area contributed by atoms with E-state index in [0.717, 1.165) is 12.1 Å². The number of aliphatic hydroxyl groups excluding tert-OH is 2. The summed E-state index contributed by atoms with van der Waals surface area (Å²) in [4.78, 5) is 0. The summed E-state index contributed by atoms with van der Waals surface area (Å²) in [6, 6.07) is 4.80. The lowest BCUT2D eigenvalue weighted by atomic mass is 9.99. The Balaban J connectivity index is 2.73. The molecule has 0 aromatic heterocycles. The first kappa shape index (κ1) is 15.0. The lowest BCUT2D eigenvalue weighted by Gasteiger charge is -2.17. The van der Waals surface area contributed by atoms with Gasteiger partial charge in [-0.1, -0.05) is 31.5 Å². The number of halogens is 3. The van der Waals surface area contributed by atoms with E-state index in [-0.39, 0.29) is 6.42 Å². The van der Waals surface area contributed by atoms with Crippen LogP contribution in [-0.2, 0) is 12.6 Å². The molecule has 0 saturated heterocycles. The van der Waals surface area contributed by atoms with Gasteiger partial charge < -0.3 is 10.2 Å². The van der Waals surface area contributed by atoms with Gasteiger partial charge >= 0.3 is 6.18 Å². The summed E-state index contributed by atoms with van der Waals surface area (Å²) in [7, 11) is 0. The molecule has 0 bridgehead atoms. The van der Waals surface area contributed by atoms with E-state index in [1.165, 1.54) is 12.1 Å². The van der Waals surface area contributed by atoms with Crippen molar-refractivity contribution in [3.8, 4) is 0 Å². The number of alkyl halides is 3. The van der Waals surface area contributed by atoms with E-state index >= 15 is 0 Å². The van der Waals surface area contributed by atoms with Crippen molar-refractivity contribution in [3.63, 3.8) is 0 Å². The van der Waals surface area contributed by atoms with E-state index in [4.69, 9.17) is 0 Å². The molecule has 0 aliphatic carbocycles. The molecule has 5 heteroatoms. The molecule has 1 aromatic carbocycles. The van der Waals surface area contributed by atoms with E-state index in [1.54, 1.807) is 0 Å². The van der Waals surface area contributed by atoms with Crippen LogP contribution in [0, 0.1) is 0 Å². The predicted molar refractivity (Wildman–Crippen MR) is 62.1 cm³/mol. The molecular formula is C13H17F3O2. The van der Waals surface area contributed by atoms with Crippen molar-refractivity contribution in [2.24, 2.45) is 0 Å². The Morgan fingerprint density at radius 2 is 1.83 bits per heavy atom. The summed E-state index contributed by atoms with van der Waals surface area (Å²) in [5.41, 5.74) is -0.371. The van der Waals surface area contributed by atoms with Crippen LogP contribution in [-0.4, -0.2) is 22.4 Å². The third-order valence-electron chi connectivity index (χ3n) is 2.73. The number of hydrogen-bond donors (Lipinski definition) is 2. The van der Waals surface area contributed by atoms with Crippen LogP contribution in [0.2, 0.25) is 0 Å². The van der Waals surface area contributed by atoms with Crippen molar-refractivity contribution in [1.82, 2.24) is 0 Å². The third kappa shape index (κ3) is 4.31. The molecule has 2 atom stereocenters. The second-order valence-electron chi connectivity index (χ2n) is 4.33. The van der Waals surface area contributed by atoms with Gasteiger partial charge in [0.25, 0.3) is 0 Å². The van der Waals surface area contributed by atoms with Crippen LogP contribution in [0.5, 0.6) is 0 Å². The molecule has 0 spiro atoms. The lowest BCUT2D eigenvalue weighted by Crippen LogP contribution is -2.27. The smallest absolute Gasteiger partial charge is 0.390 e. The molecular weight excluding hydrogens is 245 g/mol. The van der Waals surface area contributed by atoms with E-state index in [9.17, 15) is 23.4 Å². The van der Waals surface area contributed by atoms with E-state index in [0.29, 0.717) is 18.4 Å². The highest BCUT2D eigenvalue weighted by atomic mass is 19.4. The Morgan fingerprint density at radius 3 is 2.39 bits per heavy atom. The molecule has 0 radical (unpaired) electrons. The maximum atomic E-state index is 12.5. The first-order chi connectivity index (χ1) is 8.34. The quantitative estimate of drug-likeness (QED) is 0.856. The molecule has 2 unspecified atom stereocenters. The fraction of sp³-hybridized carbons (Fsp3) is 0.538. The van der Waals surface area contributed by atoms with Crippen LogP contribution in [0.15, 0.2) is 24.3 Å². The van der Waals surface area contributed by atoms with Gasteiger partial charge in [0.1, 0.15) is 0 Å². The van der Waals surface area contributed by atoms with Gasteiger partial charge in [0.15, 0.2) is 0 Å². The first-order valence-electron chi connectivity index (χ1n) is 5.87. The molecule has 0 amide bonds. The molecule has 102 valence electrons. The highest BCUT2D eigenvalue weighted by molar-refractivity contribution is 5.26. The van der Waals surface area contributed by atoms with Crippen LogP contribution in [0.1, 0.15) is 30.9 Å². The zero-order chi connectivity index (χ0) is 13.8.